The molecule has 0 N–H and O–H groups in total. The Kier molecular flexibility index (Phi) is 5.82. The summed E-state index contributed by atoms with van der Waals surface area (Å²) < 4.78 is 8.35. The third kappa shape index (κ3) is 3.58. The predicted octanol–water partition coefficient (Wildman–Crippen LogP) is 0.804. The third-order valence-corrected chi connectivity index (χ3v) is 3.73. The Morgan fingerprint density at radius 1 is 1.04 bits per heavy atom. The number of nitrogens with zero attached hydrogens (tertiary/aromatic N) is 2. The summed E-state index contributed by atoms with van der Waals surface area (Å²) in [5.41, 5.74) is 4.26. The lowest BCUT2D eigenvalue weighted by molar-refractivity contribution is -0.675. The SMILES string of the molecule is CC[n+]1c(C(=Cc2ccccc2)N(C)C)oc2ccccc21.[I-]. The first-order valence-electron chi connectivity index (χ1n) is 7.56. The van der Waals surface area contributed by atoms with Gasteiger partial charge in [0.2, 0.25) is 5.58 Å². The van der Waals surface area contributed by atoms with Crippen molar-refractivity contribution in [1.82, 2.24) is 4.90 Å². The minimum absolute atomic E-state index is 0. The molecule has 1 heterocycles. The Morgan fingerprint density at radius 3 is 2.35 bits per heavy atom. The number of oxazole rings is 1. The van der Waals surface area contributed by atoms with Crippen LogP contribution in [0.1, 0.15) is 18.4 Å². The van der Waals surface area contributed by atoms with E-state index in [1.165, 1.54) is 0 Å². The summed E-state index contributed by atoms with van der Waals surface area (Å²) in [6, 6.07) is 18.5. The van der Waals surface area contributed by atoms with E-state index < -0.39 is 0 Å². The molecule has 0 radical (unpaired) electrons. The van der Waals surface area contributed by atoms with Crippen molar-refractivity contribution in [2.24, 2.45) is 0 Å². The summed E-state index contributed by atoms with van der Waals surface area (Å²) >= 11 is 0. The molecule has 2 aromatic carbocycles. The van der Waals surface area contributed by atoms with E-state index in [9.17, 15) is 0 Å². The lowest BCUT2D eigenvalue weighted by Crippen LogP contribution is -3.00. The van der Waals surface area contributed by atoms with Crippen LogP contribution in [0.3, 0.4) is 0 Å². The number of halogens is 1. The van der Waals surface area contributed by atoms with E-state index in [1.807, 2.05) is 50.5 Å². The molecule has 120 valence electrons. The molecule has 0 unspecified atom stereocenters. The molecule has 1 aromatic heterocycles. The van der Waals surface area contributed by atoms with Gasteiger partial charge >= 0.3 is 5.89 Å². The first-order chi connectivity index (χ1) is 10.7. The largest absolute Gasteiger partial charge is 1.00 e. The highest BCUT2D eigenvalue weighted by molar-refractivity contribution is 5.78. The van der Waals surface area contributed by atoms with Gasteiger partial charge in [0.05, 0.1) is 0 Å². The Balaban J connectivity index is 0.00000192. The van der Waals surface area contributed by atoms with Gasteiger partial charge in [0.25, 0.3) is 5.52 Å². The Labute approximate surface area is 154 Å². The molecule has 0 aliphatic rings. The van der Waals surface area contributed by atoms with Gasteiger partial charge in [-0.3, -0.25) is 0 Å². The molecule has 0 spiro atoms. The first-order valence-corrected chi connectivity index (χ1v) is 7.56. The zero-order valence-electron chi connectivity index (χ0n) is 13.7. The maximum absolute atomic E-state index is 6.14. The van der Waals surface area contributed by atoms with Gasteiger partial charge in [-0.15, -0.1) is 0 Å². The maximum atomic E-state index is 6.14. The van der Waals surface area contributed by atoms with Gasteiger partial charge in [0.1, 0.15) is 6.54 Å². The molecule has 0 saturated carbocycles. The topological polar surface area (TPSA) is 20.3 Å². The van der Waals surface area contributed by atoms with Crippen molar-refractivity contribution < 1.29 is 33.0 Å². The van der Waals surface area contributed by atoms with Gasteiger partial charge in [-0.2, -0.15) is 4.57 Å². The van der Waals surface area contributed by atoms with Crippen LogP contribution in [0.15, 0.2) is 59.0 Å². The fraction of sp³-hybridized carbons (Fsp3) is 0.211. The number of fused-ring (bicyclic) bond motifs is 1. The molecule has 3 rings (SSSR count). The zero-order chi connectivity index (χ0) is 15.5. The van der Waals surface area contributed by atoms with E-state index in [4.69, 9.17) is 4.42 Å². The molecule has 0 atom stereocenters. The highest BCUT2D eigenvalue weighted by Gasteiger charge is 2.25. The van der Waals surface area contributed by atoms with E-state index >= 15 is 0 Å². The van der Waals surface area contributed by atoms with Crippen molar-refractivity contribution >= 4 is 22.9 Å². The van der Waals surface area contributed by atoms with E-state index in [2.05, 4.69) is 40.7 Å². The predicted molar refractivity (Wildman–Crippen MR) is 90.1 cm³/mol. The standard InChI is InChI=1S/C19H21N2O.HI/c1-4-21-16-12-8-9-13-18(16)22-19(21)17(20(2)3)14-15-10-6-5-7-11-15;/h5-14H,4H2,1-3H3;1H/q+1;/p-1. The van der Waals surface area contributed by atoms with Gasteiger partial charge in [-0.1, -0.05) is 42.5 Å². The zero-order valence-corrected chi connectivity index (χ0v) is 15.8. The normalized spacial score (nSPS) is 11.3. The monoisotopic (exact) mass is 420 g/mol. The van der Waals surface area contributed by atoms with Crippen LogP contribution in [0.5, 0.6) is 0 Å². The second-order valence-corrected chi connectivity index (χ2v) is 5.45. The second kappa shape index (κ2) is 7.64. The molecule has 23 heavy (non-hydrogen) atoms. The Hall–Kier alpha value is -1.82. The minimum Gasteiger partial charge on any atom is -1.00 e. The van der Waals surface area contributed by atoms with Gasteiger partial charge in [0.15, 0.2) is 5.70 Å². The van der Waals surface area contributed by atoms with Crippen LogP contribution in [0.4, 0.5) is 0 Å². The summed E-state index contributed by atoms with van der Waals surface area (Å²) in [7, 11) is 4.09. The van der Waals surface area contributed by atoms with E-state index in [1.54, 1.807) is 0 Å². The summed E-state index contributed by atoms with van der Waals surface area (Å²) in [5, 5.41) is 0. The maximum Gasteiger partial charge on any atom is 0.398 e. The van der Waals surface area contributed by atoms with E-state index in [0.29, 0.717) is 0 Å². The Bertz CT molecular complexity index is 807. The molecular weight excluding hydrogens is 399 g/mol. The van der Waals surface area contributed by atoms with Crippen LogP contribution in [0.25, 0.3) is 22.9 Å². The minimum atomic E-state index is 0. The van der Waals surface area contributed by atoms with Gasteiger partial charge < -0.3 is 33.3 Å². The number of aryl methyl sites for hydroxylation is 1. The fourth-order valence-electron chi connectivity index (χ4n) is 2.63. The molecule has 4 heteroatoms. The van der Waals surface area contributed by atoms with E-state index in [-0.39, 0.29) is 24.0 Å². The number of hydrogen-bond donors (Lipinski definition) is 0. The fourth-order valence-corrected chi connectivity index (χ4v) is 2.63. The van der Waals surface area contributed by atoms with Gasteiger partial charge in [-0.25, -0.2) is 0 Å². The van der Waals surface area contributed by atoms with Crippen LogP contribution in [-0.4, -0.2) is 19.0 Å². The summed E-state index contributed by atoms with van der Waals surface area (Å²) in [5.74, 6) is 0.887. The van der Waals surface area contributed by atoms with Crippen molar-refractivity contribution in [3.8, 4) is 0 Å². The third-order valence-electron chi connectivity index (χ3n) is 3.73. The van der Waals surface area contributed by atoms with Crippen LogP contribution < -0.4 is 28.5 Å². The molecule has 0 aliphatic carbocycles. The van der Waals surface area contributed by atoms with Gasteiger partial charge in [-0.05, 0) is 24.6 Å². The quantitative estimate of drug-likeness (QED) is 0.460. The number of aromatic nitrogens is 1. The van der Waals surface area contributed by atoms with Crippen LogP contribution >= 0.6 is 0 Å². The molecule has 3 aromatic rings. The smallest absolute Gasteiger partial charge is 0.398 e. The Morgan fingerprint density at radius 2 is 1.70 bits per heavy atom. The van der Waals surface area contributed by atoms with Crippen LogP contribution in [0.2, 0.25) is 0 Å². The lowest BCUT2D eigenvalue weighted by Gasteiger charge is -2.12. The molecule has 0 aliphatic heterocycles. The summed E-state index contributed by atoms with van der Waals surface area (Å²) in [6.45, 7) is 3.01. The number of para-hydroxylation sites is 2. The summed E-state index contributed by atoms with van der Waals surface area (Å²) in [6.07, 6.45) is 2.16. The van der Waals surface area contributed by atoms with Crippen LogP contribution in [0, 0.1) is 0 Å². The molecular formula is C19H21IN2O. The first kappa shape index (κ1) is 17.5. The molecule has 0 amide bonds. The molecule has 3 nitrogen and oxygen atoms in total. The van der Waals surface area contributed by atoms with Crippen LogP contribution in [-0.2, 0) is 6.54 Å². The lowest BCUT2D eigenvalue weighted by atomic mass is 10.2. The van der Waals surface area contributed by atoms with Crippen molar-refractivity contribution in [2.45, 2.75) is 13.5 Å². The number of benzene rings is 2. The van der Waals surface area contributed by atoms with Gasteiger partial charge in [0, 0.05) is 20.2 Å². The second-order valence-electron chi connectivity index (χ2n) is 5.45. The number of rotatable bonds is 4. The van der Waals surface area contributed by atoms with E-state index in [0.717, 1.165) is 34.8 Å². The average Bonchev–Trinajstić information content (AvgIpc) is 2.91. The van der Waals surface area contributed by atoms with Crippen molar-refractivity contribution in [1.29, 1.82) is 0 Å². The molecule has 0 fully saturated rings. The average molecular weight is 420 g/mol. The van der Waals surface area contributed by atoms with Crippen molar-refractivity contribution in [3.05, 3.63) is 66.1 Å². The van der Waals surface area contributed by atoms with Crippen molar-refractivity contribution in [3.63, 3.8) is 0 Å². The molecule has 0 saturated heterocycles. The number of hydrogen-bond acceptors (Lipinski definition) is 2. The van der Waals surface area contributed by atoms with Crippen molar-refractivity contribution in [2.75, 3.05) is 14.1 Å². The summed E-state index contributed by atoms with van der Waals surface area (Å²) in [4.78, 5) is 2.09. The highest BCUT2D eigenvalue weighted by Crippen LogP contribution is 2.23. The molecule has 0 bridgehead atoms. The highest BCUT2D eigenvalue weighted by atomic mass is 127.